The number of hydrogen-bond donors (Lipinski definition) is 3. The van der Waals surface area contributed by atoms with Crippen molar-refractivity contribution < 1.29 is 14.9 Å². The quantitative estimate of drug-likeness (QED) is 0.763. The van der Waals surface area contributed by atoms with Gasteiger partial charge >= 0.3 is 0 Å². The summed E-state index contributed by atoms with van der Waals surface area (Å²) in [6.07, 6.45) is 2.63. The molecule has 0 bridgehead atoms. The van der Waals surface area contributed by atoms with Crippen molar-refractivity contribution in [1.29, 1.82) is 0 Å². The highest BCUT2D eigenvalue weighted by molar-refractivity contribution is 5.79. The zero-order valence-corrected chi connectivity index (χ0v) is 15.8. The average Bonchev–Trinajstić information content (AvgIpc) is 2.58. The van der Waals surface area contributed by atoms with E-state index in [1.54, 1.807) is 0 Å². The predicted molar refractivity (Wildman–Crippen MR) is 101 cm³/mol. The Kier molecular flexibility index (Phi) is 5.24. The number of benzene rings is 1. The lowest BCUT2D eigenvalue weighted by Gasteiger charge is -2.40. The lowest BCUT2D eigenvalue weighted by Crippen LogP contribution is -2.38. The molecule has 0 aromatic heterocycles. The van der Waals surface area contributed by atoms with Gasteiger partial charge in [-0.1, -0.05) is 26.0 Å². The van der Waals surface area contributed by atoms with E-state index in [4.69, 9.17) is 4.74 Å². The summed E-state index contributed by atoms with van der Waals surface area (Å²) in [6.45, 7) is 8.67. The van der Waals surface area contributed by atoms with Crippen LogP contribution in [0.25, 0.3) is 5.57 Å². The monoisotopic (exact) mass is 345 g/mol. The molecular formula is C21H31NO3. The fourth-order valence-corrected chi connectivity index (χ4v) is 4.06. The van der Waals surface area contributed by atoms with Gasteiger partial charge in [0.25, 0.3) is 0 Å². The van der Waals surface area contributed by atoms with Crippen LogP contribution >= 0.6 is 0 Å². The van der Waals surface area contributed by atoms with Gasteiger partial charge in [0, 0.05) is 18.2 Å². The van der Waals surface area contributed by atoms with Gasteiger partial charge in [0.2, 0.25) is 0 Å². The molecule has 2 aliphatic rings. The molecule has 2 unspecified atom stereocenters. The van der Waals surface area contributed by atoms with Crippen LogP contribution in [-0.2, 0) is 0 Å². The van der Waals surface area contributed by atoms with Crippen molar-refractivity contribution in [3.63, 3.8) is 0 Å². The first-order chi connectivity index (χ1) is 11.8. The zero-order valence-electron chi connectivity index (χ0n) is 15.8. The standard InChI is InChI=1S/C21H31NO3/c1-13(2)22-12-17(23)20(24)15-9-7-11-18-19(15)14-8-5-6-10-16(14)21(3,4)25-18/h7,9,11,13,17,20,22-24H,5-6,8,10,12H2,1-4H3. The third-order valence-corrected chi connectivity index (χ3v) is 5.34. The fraction of sp³-hybridized carbons (Fsp3) is 0.619. The van der Waals surface area contributed by atoms with Gasteiger partial charge in [0.15, 0.2) is 0 Å². The number of nitrogens with one attached hydrogen (secondary N) is 1. The van der Waals surface area contributed by atoms with E-state index < -0.39 is 12.2 Å². The number of aliphatic hydroxyl groups is 2. The van der Waals surface area contributed by atoms with E-state index in [0.29, 0.717) is 6.54 Å². The topological polar surface area (TPSA) is 61.7 Å². The Morgan fingerprint density at radius 3 is 2.60 bits per heavy atom. The Hall–Kier alpha value is -1.36. The van der Waals surface area contributed by atoms with Crippen molar-refractivity contribution in [2.75, 3.05) is 6.54 Å². The highest BCUT2D eigenvalue weighted by Gasteiger charge is 2.38. The maximum absolute atomic E-state index is 10.8. The van der Waals surface area contributed by atoms with E-state index in [0.717, 1.165) is 36.1 Å². The van der Waals surface area contributed by atoms with Crippen molar-refractivity contribution in [1.82, 2.24) is 5.32 Å². The summed E-state index contributed by atoms with van der Waals surface area (Å²) in [5, 5.41) is 24.5. The maximum Gasteiger partial charge on any atom is 0.128 e. The molecule has 0 radical (unpaired) electrons. The van der Waals surface area contributed by atoms with Gasteiger partial charge in [-0.3, -0.25) is 0 Å². The van der Waals surface area contributed by atoms with Crippen LogP contribution in [0.5, 0.6) is 5.75 Å². The second kappa shape index (κ2) is 7.10. The Morgan fingerprint density at radius 2 is 1.88 bits per heavy atom. The van der Waals surface area contributed by atoms with Gasteiger partial charge in [-0.2, -0.15) is 0 Å². The fourth-order valence-electron chi connectivity index (χ4n) is 4.06. The Morgan fingerprint density at radius 1 is 1.16 bits per heavy atom. The molecule has 138 valence electrons. The molecule has 1 aromatic rings. The number of rotatable bonds is 5. The Balaban J connectivity index is 1.99. The molecule has 1 aliphatic carbocycles. The molecule has 1 aliphatic heterocycles. The van der Waals surface area contributed by atoms with E-state index in [9.17, 15) is 10.2 Å². The summed E-state index contributed by atoms with van der Waals surface area (Å²) in [6, 6.07) is 6.07. The largest absolute Gasteiger partial charge is 0.483 e. The normalized spacial score (nSPS) is 21.4. The number of aliphatic hydroxyl groups excluding tert-OH is 2. The maximum atomic E-state index is 10.8. The van der Waals surface area contributed by atoms with Gasteiger partial charge in [0.1, 0.15) is 17.5 Å². The van der Waals surface area contributed by atoms with Gasteiger partial charge in [-0.05, 0) is 62.3 Å². The van der Waals surface area contributed by atoms with Gasteiger partial charge in [-0.15, -0.1) is 0 Å². The molecule has 0 spiro atoms. The van der Waals surface area contributed by atoms with E-state index in [1.165, 1.54) is 17.6 Å². The van der Waals surface area contributed by atoms with E-state index in [1.807, 2.05) is 32.0 Å². The lowest BCUT2D eigenvalue weighted by molar-refractivity contribution is 0.0175. The van der Waals surface area contributed by atoms with Crippen molar-refractivity contribution >= 4 is 5.57 Å². The van der Waals surface area contributed by atoms with Gasteiger partial charge in [0.05, 0.1) is 6.10 Å². The van der Waals surface area contributed by atoms with Crippen LogP contribution in [0, 0.1) is 0 Å². The molecule has 1 heterocycles. The third-order valence-electron chi connectivity index (χ3n) is 5.34. The summed E-state index contributed by atoms with van der Waals surface area (Å²) in [4.78, 5) is 0. The average molecular weight is 345 g/mol. The van der Waals surface area contributed by atoms with Crippen LogP contribution in [0.3, 0.4) is 0 Å². The van der Waals surface area contributed by atoms with Gasteiger partial charge in [-0.25, -0.2) is 0 Å². The molecule has 4 nitrogen and oxygen atoms in total. The summed E-state index contributed by atoms with van der Waals surface area (Å²) in [5.41, 5.74) is 4.15. The molecule has 0 fully saturated rings. The van der Waals surface area contributed by atoms with Gasteiger partial charge < -0.3 is 20.3 Å². The second-order valence-corrected chi connectivity index (χ2v) is 8.07. The molecule has 3 rings (SSSR count). The summed E-state index contributed by atoms with van der Waals surface area (Å²) < 4.78 is 6.29. The minimum absolute atomic E-state index is 0.267. The second-order valence-electron chi connectivity index (χ2n) is 8.07. The molecular weight excluding hydrogens is 314 g/mol. The number of fused-ring (bicyclic) bond motifs is 2. The Labute approximate surface area is 150 Å². The van der Waals surface area contributed by atoms with Crippen LogP contribution in [0.4, 0.5) is 0 Å². The molecule has 0 saturated carbocycles. The molecule has 0 amide bonds. The Bertz CT molecular complexity index is 663. The molecule has 2 atom stereocenters. The smallest absolute Gasteiger partial charge is 0.128 e. The molecule has 1 aromatic carbocycles. The highest BCUT2D eigenvalue weighted by atomic mass is 16.5. The minimum Gasteiger partial charge on any atom is -0.483 e. The molecule has 4 heteroatoms. The number of ether oxygens (including phenoxy) is 1. The van der Waals surface area contributed by atoms with Crippen molar-refractivity contribution in [3.05, 3.63) is 34.9 Å². The van der Waals surface area contributed by atoms with Crippen molar-refractivity contribution in [3.8, 4) is 5.75 Å². The molecule has 0 saturated heterocycles. The van der Waals surface area contributed by atoms with Crippen molar-refractivity contribution in [2.45, 2.75) is 77.2 Å². The van der Waals surface area contributed by atoms with Crippen molar-refractivity contribution in [2.24, 2.45) is 0 Å². The van der Waals surface area contributed by atoms with E-state index in [2.05, 4.69) is 19.2 Å². The predicted octanol–water partition coefficient (Wildman–Crippen LogP) is 3.58. The first-order valence-corrected chi connectivity index (χ1v) is 9.45. The summed E-state index contributed by atoms with van der Waals surface area (Å²) in [7, 11) is 0. The summed E-state index contributed by atoms with van der Waals surface area (Å²) >= 11 is 0. The molecule has 3 N–H and O–H groups in total. The summed E-state index contributed by atoms with van der Waals surface area (Å²) in [5.74, 6) is 0.825. The first-order valence-electron chi connectivity index (χ1n) is 9.45. The SMILES string of the molecule is CC(C)NCC(O)C(O)c1cccc2c1C1=C(CCCC1)C(C)(C)O2. The number of hydrogen-bond acceptors (Lipinski definition) is 4. The number of allylic oxidation sites excluding steroid dienone is 1. The zero-order chi connectivity index (χ0) is 18.2. The first kappa shape index (κ1) is 18.4. The van der Waals surface area contributed by atoms with E-state index >= 15 is 0 Å². The van der Waals surface area contributed by atoms with Crippen LogP contribution in [0.2, 0.25) is 0 Å². The van der Waals surface area contributed by atoms with E-state index in [-0.39, 0.29) is 11.6 Å². The minimum atomic E-state index is -0.929. The third kappa shape index (κ3) is 3.62. The van der Waals surface area contributed by atoms with Crippen LogP contribution < -0.4 is 10.1 Å². The highest BCUT2D eigenvalue weighted by Crippen LogP contribution is 2.49. The molecule has 25 heavy (non-hydrogen) atoms. The van der Waals surface area contributed by atoms with Crippen LogP contribution in [-0.4, -0.2) is 34.5 Å². The lowest BCUT2D eigenvalue weighted by atomic mass is 9.76. The van der Waals surface area contributed by atoms with Crippen LogP contribution in [0.1, 0.15) is 70.6 Å². The van der Waals surface area contributed by atoms with Crippen LogP contribution in [0.15, 0.2) is 23.8 Å².